The molecule has 0 atom stereocenters. The van der Waals surface area contributed by atoms with Gasteiger partial charge in [-0.3, -0.25) is 4.79 Å². The number of piperidine rings is 1. The van der Waals surface area contributed by atoms with Crippen molar-refractivity contribution in [2.75, 3.05) is 18.4 Å². The Hall–Kier alpha value is -0.580. The van der Waals surface area contributed by atoms with E-state index >= 15 is 0 Å². The van der Waals surface area contributed by atoms with Gasteiger partial charge >= 0.3 is 0 Å². The van der Waals surface area contributed by atoms with Crippen LogP contribution in [-0.2, 0) is 4.79 Å². The molecule has 0 saturated carbocycles. The molecule has 20 heavy (non-hydrogen) atoms. The summed E-state index contributed by atoms with van der Waals surface area (Å²) in [6, 6.07) is 5.44. The summed E-state index contributed by atoms with van der Waals surface area (Å²) >= 11 is 9.45. The van der Waals surface area contributed by atoms with Gasteiger partial charge in [-0.1, -0.05) is 24.9 Å². The molecule has 5 heteroatoms. The lowest BCUT2D eigenvalue weighted by Crippen LogP contribution is -2.44. The summed E-state index contributed by atoms with van der Waals surface area (Å²) < 4.78 is 0.857. The van der Waals surface area contributed by atoms with E-state index in [4.69, 9.17) is 11.6 Å². The number of nitrogens with one attached hydrogen (secondary N) is 2. The van der Waals surface area contributed by atoms with Crippen LogP contribution in [0.25, 0.3) is 0 Å². The van der Waals surface area contributed by atoms with Crippen LogP contribution in [-0.4, -0.2) is 19.0 Å². The topological polar surface area (TPSA) is 41.1 Å². The molecule has 1 aliphatic rings. The van der Waals surface area contributed by atoms with Crippen molar-refractivity contribution in [2.45, 2.75) is 32.6 Å². The van der Waals surface area contributed by atoms with Gasteiger partial charge in [0.05, 0.1) is 11.1 Å². The van der Waals surface area contributed by atoms with Crippen LogP contribution in [0, 0.1) is 5.41 Å². The van der Waals surface area contributed by atoms with E-state index < -0.39 is 0 Å². The highest BCUT2D eigenvalue weighted by Crippen LogP contribution is 2.36. The van der Waals surface area contributed by atoms with E-state index in [2.05, 4.69) is 33.5 Å². The van der Waals surface area contributed by atoms with Crippen molar-refractivity contribution in [1.29, 1.82) is 0 Å². The number of rotatable bonds is 4. The Morgan fingerprint density at radius 1 is 1.45 bits per heavy atom. The van der Waals surface area contributed by atoms with Gasteiger partial charge in [0.2, 0.25) is 5.91 Å². The zero-order valence-corrected chi connectivity index (χ0v) is 14.0. The molecular weight excluding hydrogens is 340 g/mol. The Labute approximate surface area is 133 Å². The number of benzene rings is 1. The minimum absolute atomic E-state index is 0.115. The average molecular weight is 360 g/mol. The molecule has 0 aliphatic carbocycles. The summed E-state index contributed by atoms with van der Waals surface area (Å²) in [4.78, 5) is 12.7. The molecule has 3 nitrogen and oxygen atoms in total. The third kappa shape index (κ3) is 3.54. The highest BCUT2D eigenvalue weighted by atomic mass is 79.9. The molecule has 1 fully saturated rings. The first kappa shape index (κ1) is 15.8. The van der Waals surface area contributed by atoms with Crippen molar-refractivity contribution in [1.82, 2.24) is 5.32 Å². The number of hydrogen-bond donors (Lipinski definition) is 2. The standard InChI is InChI=1S/C15H20BrClN2O/c1-2-5-15(6-8-18-9-7-15)14(20)19-13-10-11(17)3-4-12(13)16/h3-4,10,18H,2,5-9H2,1H3,(H,19,20). The summed E-state index contributed by atoms with van der Waals surface area (Å²) in [5.41, 5.74) is 0.499. The average Bonchev–Trinajstić information content (AvgIpc) is 2.44. The van der Waals surface area contributed by atoms with Gasteiger partial charge < -0.3 is 10.6 Å². The first-order valence-electron chi connectivity index (χ1n) is 7.04. The smallest absolute Gasteiger partial charge is 0.230 e. The lowest BCUT2D eigenvalue weighted by molar-refractivity contribution is -0.127. The SMILES string of the molecule is CCCC1(C(=O)Nc2cc(Cl)ccc2Br)CCNCC1. The first-order chi connectivity index (χ1) is 9.57. The lowest BCUT2D eigenvalue weighted by Gasteiger charge is -2.36. The van der Waals surface area contributed by atoms with Crippen molar-refractivity contribution in [2.24, 2.45) is 5.41 Å². The van der Waals surface area contributed by atoms with E-state index in [1.807, 2.05) is 6.07 Å². The predicted molar refractivity (Wildman–Crippen MR) is 87.2 cm³/mol. The minimum Gasteiger partial charge on any atom is -0.325 e. The quantitative estimate of drug-likeness (QED) is 0.845. The molecule has 110 valence electrons. The van der Waals surface area contributed by atoms with Crippen molar-refractivity contribution >= 4 is 39.1 Å². The lowest BCUT2D eigenvalue weighted by atomic mass is 9.74. The molecule has 0 radical (unpaired) electrons. The number of carbonyl (C=O) groups is 1. The Morgan fingerprint density at radius 2 is 2.15 bits per heavy atom. The summed E-state index contributed by atoms with van der Waals surface area (Å²) in [7, 11) is 0. The van der Waals surface area contributed by atoms with Gasteiger partial charge in [0, 0.05) is 9.50 Å². The molecule has 0 aromatic heterocycles. The number of amides is 1. The largest absolute Gasteiger partial charge is 0.325 e. The fourth-order valence-corrected chi connectivity index (χ4v) is 3.34. The minimum atomic E-state index is -0.248. The third-order valence-corrected chi connectivity index (χ3v) is 4.87. The van der Waals surface area contributed by atoms with Crippen LogP contribution in [0.4, 0.5) is 5.69 Å². The molecule has 1 heterocycles. The van der Waals surface area contributed by atoms with Crippen LogP contribution in [0.5, 0.6) is 0 Å². The Bertz CT molecular complexity index is 481. The van der Waals surface area contributed by atoms with Crippen molar-refractivity contribution in [3.63, 3.8) is 0 Å². The van der Waals surface area contributed by atoms with Gasteiger partial charge in [-0.25, -0.2) is 0 Å². The summed E-state index contributed by atoms with van der Waals surface area (Å²) in [5.74, 6) is 0.115. The number of carbonyl (C=O) groups excluding carboxylic acids is 1. The predicted octanol–water partition coefficient (Wildman–Crippen LogP) is 4.21. The van der Waals surface area contributed by atoms with Crippen LogP contribution in [0.1, 0.15) is 32.6 Å². The zero-order valence-electron chi connectivity index (χ0n) is 11.6. The molecule has 1 aromatic rings. The van der Waals surface area contributed by atoms with Crippen molar-refractivity contribution in [3.8, 4) is 0 Å². The highest BCUT2D eigenvalue weighted by Gasteiger charge is 2.38. The maximum absolute atomic E-state index is 12.7. The van der Waals surface area contributed by atoms with Gasteiger partial charge in [0.1, 0.15) is 0 Å². The van der Waals surface area contributed by atoms with E-state index in [0.717, 1.165) is 48.9 Å². The van der Waals surface area contributed by atoms with Crippen LogP contribution >= 0.6 is 27.5 Å². The Morgan fingerprint density at radius 3 is 2.80 bits per heavy atom. The third-order valence-electron chi connectivity index (χ3n) is 3.95. The second kappa shape index (κ2) is 6.92. The molecule has 1 saturated heterocycles. The molecule has 0 spiro atoms. The molecule has 2 rings (SSSR count). The molecule has 0 bridgehead atoms. The first-order valence-corrected chi connectivity index (χ1v) is 8.22. The van der Waals surface area contributed by atoms with Gasteiger partial charge in [-0.15, -0.1) is 0 Å². The molecule has 1 amide bonds. The highest BCUT2D eigenvalue weighted by molar-refractivity contribution is 9.10. The summed E-state index contributed by atoms with van der Waals surface area (Å²) in [6.45, 7) is 3.95. The van der Waals surface area contributed by atoms with E-state index in [9.17, 15) is 4.79 Å². The maximum Gasteiger partial charge on any atom is 0.230 e. The summed E-state index contributed by atoms with van der Waals surface area (Å²) in [6.07, 6.45) is 3.73. The number of anilines is 1. The van der Waals surface area contributed by atoms with Crippen molar-refractivity contribution < 1.29 is 4.79 Å². The van der Waals surface area contributed by atoms with E-state index in [0.29, 0.717) is 5.02 Å². The molecule has 2 N–H and O–H groups in total. The van der Waals surface area contributed by atoms with E-state index in [1.165, 1.54) is 0 Å². The maximum atomic E-state index is 12.7. The van der Waals surface area contributed by atoms with Crippen LogP contribution in [0.15, 0.2) is 22.7 Å². The molecule has 0 unspecified atom stereocenters. The molecule has 1 aromatic carbocycles. The second-order valence-corrected chi connectivity index (χ2v) is 6.65. The Kier molecular flexibility index (Phi) is 5.47. The van der Waals surface area contributed by atoms with Crippen LogP contribution in [0.3, 0.4) is 0 Å². The number of halogens is 2. The van der Waals surface area contributed by atoms with Crippen molar-refractivity contribution in [3.05, 3.63) is 27.7 Å². The van der Waals surface area contributed by atoms with E-state index in [-0.39, 0.29) is 11.3 Å². The fourth-order valence-electron chi connectivity index (χ4n) is 2.82. The van der Waals surface area contributed by atoms with Crippen LogP contribution < -0.4 is 10.6 Å². The fraction of sp³-hybridized carbons (Fsp3) is 0.533. The van der Waals surface area contributed by atoms with Gasteiger partial charge in [0.25, 0.3) is 0 Å². The second-order valence-electron chi connectivity index (χ2n) is 5.36. The number of hydrogen-bond acceptors (Lipinski definition) is 2. The Balaban J connectivity index is 2.18. The molecular formula is C15H20BrClN2O. The van der Waals surface area contributed by atoms with Crippen LogP contribution in [0.2, 0.25) is 5.02 Å². The summed E-state index contributed by atoms with van der Waals surface area (Å²) in [5, 5.41) is 7.00. The molecule has 1 aliphatic heterocycles. The monoisotopic (exact) mass is 358 g/mol. The van der Waals surface area contributed by atoms with E-state index in [1.54, 1.807) is 12.1 Å². The normalized spacial score (nSPS) is 17.8. The van der Waals surface area contributed by atoms with Gasteiger partial charge in [-0.05, 0) is 66.5 Å². The van der Waals surface area contributed by atoms with Gasteiger partial charge in [-0.2, -0.15) is 0 Å². The van der Waals surface area contributed by atoms with Gasteiger partial charge in [0.15, 0.2) is 0 Å². The zero-order chi connectivity index (χ0) is 14.6.